The molecular formula is C19H17N3O5S. The molecule has 3 aromatic rings. The van der Waals surface area contributed by atoms with E-state index in [2.05, 4.69) is 15.5 Å². The molecule has 0 saturated carbocycles. The zero-order valence-corrected chi connectivity index (χ0v) is 15.8. The molecular weight excluding hydrogens is 382 g/mol. The van der Waals surface area contributed by atoms with Gasteiger partial charge in [-0.15, -0.1) is 21.5 Å². The van der Waals surface area contributed by atoms with E-state index in [0.717, 1.165) is 16.1 Å². The number of aryl methyl sites for hydroxylation is 1. The van der Waals surface area contributed by atoms with Gasteiger partial charge in [-0.05, 0) is 48.6 Å². The normalized spacial score (nSPS) is 14.1. The second-order valence-corrected chi connectivity index (χ2v) is 7.16. The highest BCUT2D eigenvalue weighted by molar-refractivity contribution is 7.13. The number of rotatable bonds is 6. The number of amides is 1. The van der Waals surface area contributed by atoms with Crippen LogP contribution in [-0.2, 0) is 20.7 Å². The monoisotopic (exact) mass is 399 g/mol. The third-order valence-electron chi connectivity index (χ3n) is 4.16. The standard InChI is InChI=1S/C19H17N3O5S/c1-11(18-21-22-19(27-18)15-3-2-8-28-15)26-17(24)10-25-13-5-6-14-12(9-13)4-7-16(23)20-14/h2-3,5-6,8-9,11H,4,7,10H2,1H3,(H,20,23). The van der Waals surface area contributed by atoms with Crippen LogP contribution >= 0.6 is 11.3 Å². The van der Waals surface area contributed by atoms with Gasteiger partial charge in [0.2, 0.25) is 5.91 Å². The molecule has 1 aromatic carbocycles. The number of carbonyl (C=O) groups excluding carboxylic acids is 2. The number of esters is 1. The van der Waals surface area contributed by atoms with Crippen molar-refractivity contribution in [2.75, 3.05) is 11.9 Å². The summed E-state index contributed by atoms with van der Waals surface area (Å²) in [6.45, 7) is 1.41. The van der Waals surface area contributed by atoms with E-state index in [1.807, 2.05) is 23.6 Å². The Morgan fingerprint density at radius 3 is 3.04 bits per heavy atom. The number of aromatic nitrogens is 2. The Hall–Kier alpha value is -3.20. The van der Waals surface area contributed by atoms with Crippen LogP contribution in [0.15, 0.2) is 40.1 Å². The lowest BCUT2D eigenvalue weighted by molar-refractivity contribution is -0.152. The molecule has 1 amide bonds. The Morgan fingerprint density at radius 2 is 2.21 bits per heavy atom. The van der Waals surface area contributed by atoms with E-state index in [1.54, 1.807) is 19.1 Å². The third kappa shape index (κ3) is 4.04. The summed E-state index contributed by atoms with van der Waals surface area (Å²) in [5.41, 5.74) is 1.75. The van der Waals surface area contributed by atoms with Crippen LogP contribution in [0, 0.1) is 0 Å². The molecule has 28 heavy (non-hydrogen) atoms. The average molecular weight is 399 g/mol. The van der Waals surface area contributed by atoms with Crippen molar-refractivity contribution in [1.29, 1.82) is 0 Å². The van der Waals surface area contributed by atoms with Crippen molar-refractivity contribution in [3.8, 4) is 16.5 Å². The molecule has 0 radical (unpaired) electrons. The number of nitrogens with zero attached hydrogens (tertiary/aromatic N) is 2. The van der Waals surface area contributed by atoms with E-state index in [1.165, 1.54) is 11.3 Å². The van der Waals surface area contributed by atoms with Crippen LogP contribution in [0.4, 0.5) is 5.69 Å². The minimum atomic E-state index is -0.684. The molecule has 9 heteroatoms. The van der Waals surface area contributed by atoms with Crippen LogP contribution in [0.3, 0.4) is 0 Å². The SMILES string of the molecule is CC(OC(=O)COc1ccc2c(c1)CCC(=O)N2)c1nnc(-c2cccs2)o1. The fraction of sp³-hybridized carbons (Fsp3) is 0.263. The third-order valence-corrected chi connectivity index (χ3v) is 5.02. The molecule has 1 N–H and O–H groups in total. The van der Waals surface area contributed by atoms with Crippen molar-refractivity contribution in [2.45, 2.75) is 25.9 Å². The lowest BCUT2D eigenvalue weighted by atomic mass is 10.0. The van der Waals surface area contributed by atoms with E-state index >= 15 is 0 Å². The number of nitrogens with one attached hydrogen (secondary N) is 1. The summed E-state index contributed by atoms with van der Waals surface area (Å²) in [7, 11) is 0. The Balaban J connectivity index is 1.31. The molecule has 0 bridgehead atoms. The van der Waals surface area contributed by atoms with Gasteiger partial charge in [0.1, 0.15) is 5.75 Å². The van der Waals surface area contributed by atoms with Gasteiger partial charge in [0.25, 0.3) is 11.8 Å². The number of benzene rings is 1. The van der Waals surface area contributed by atoms with Crippen molar-refractivity contribution in [3.05, 3.63) is 47.2 Å². The first kappa shape index (κ1) is 18.2. The van der Waals surface area contributed by atoms with Crippen molar-refractivity contribution in [3.63, 3.8) is 0 Å². The zero-order valence-electron chi connectivity index (χ0n) is 15.0. The largest absolute Gasteiger partial charge is 0.482 e. The molecule has 0 spiro atoms. The van der Waals surface area contributed by atoms with Gasteiger partial charge in [-0.25, -0.2) is 4.79 Å². The molecule has 3 heterocycles. The molecule has 0 aliphatic carbocycles. The van der Waals surface area contributed by atoms with Gasteiger partial charge >= 0.3 is 5.97 Å². The van der Waals surface area contributed by atoms with Gasteiger partial charge in [-0.1, -0.05) is 6.07 Å². The number of ether oxygens (including phenoxy) is 2. The smallest absolute Gasteiger partial charge is 0.344 e. The van der Waals surface area contributed by atoms with Gasteiger partial charge in [0.05, 0.1) is 4.88 Å². The quantitative estimate of drug-likeness (QED) is 0.634. The van der Waals surface area contributed by atoms with Gasteiger partial charge in [0, 0.05) is 12.1 Å². The summed E-state index contributed by atoms with van der Waals surface area (Å²) < 4.78 is 16.4. The maximum atomic E-state index is 12.1. The second kappa shape index (κ2) is 7.81. The van der Waals surface area contributed by atoms with Crippen molar-refractivity contribution in [1.82, 2.24) is 10.2 Å². The van der Waals surface area contributed by atoms with E-state index in [-0.39, 0.29) is 18.4 Å². The highest BCUT2D eigenvalue weighted by Crippen LogP contribution is 2.27. The number of fused-ring (bicyclic) bond motifs is 1. The van der Waals surface area contributed by atoms with Crippen LogP contribution in [0.25, 0.3) is 10.8 Å². The number of hydrogen-bond donors (Lipinski definition) is 1. The van der Waals surface area contributed by atoms with Crippen LogP contribution in [0.1, 0.15) is 30.9 Å². The van der Waals surface area contributed by atoms with Crippen LogP contribution in [0.5, 0.6) is 5.75 Å². The predicted molar refractivity (Wildman–Crippen MR) is 101 cm³/mol. The summed E-state index contributed by atoms with van der Waals surface area (Å²) in [5, 5.41) is 12.6. The molecule has 0 saturated heterocycles. The number of carbonyl (C=O) groups is 2. The highest BCUT2D eigenvalue weighted by Gasteiger charge is 2.20. The Kier molecular flexibility index (Phi) is 5.07. The lowest BCUT2D eigenvalue weighted by Crippen LogP contribution is -2.19. The van der Waals surface area contributed by atoms with E-state index < -0.39 is 12.1 Å². The lowest BCUT2D eigenvalue weighted by Gasteiger charge is -2.17. The molecule has 1 aliphatic rings. The fourth-order valence-electron chi connectivity index (χ4n) is 2.77. The van der Waals surface area contributed by atoms with Gasteiger partial charge in [0.15, 0.2) is 12.7 Å². The minimum absolute atomic E-state index is 0.00185. The van der Waals surface area contributed by atoms with Crippen molar-refractivity contribution < 1.29 is 23.5 Å². The minimum Gasteiger partial charge on any atom is -0.482 e. The number of hydrogen-bond acceptors (Lipinski definition) is 8. The summed E-state index contributed by atoms with van der Waals surface area (Å²) in [6.07, 6.45) is 0.396. The fourth-order valence-corrected chi connectivity index (χ4v) is 3.42. The summed E-state index contributed by atoms with van der Waals surface area (Å²) in [4.78, 5) is 24.3. The van der Waals surface area contributed by atoms with Gasteiger partial charge in [-0.3, -0.25) is 4.79 Å². The highest BCUT2D eigenvalue weighted by atomic mass is 32.1. The first-order chi connectivity index (χ1) is 13.6. The topological polar surface area (TPSA) is 104 Å². The summed E-state index contributed by atoms with van der Waals surface area (Å²) in [6, 6.07) is 9.04. The molecule has 4 rings (SSSR count). The Labute approximate surface area is 164 Å². The molecule has 1 aliphatic heterocycles. The molecule has 144 valence electrons. The zero-order chi connectivity index (χ0) is 19.5. The first-order valence-corrected chi connectivity index (χ1v) is 9.59. The van der Waals surface area contributed by atoms with E-state index in [4.69, 9.17) is 13.9 Å². The number of anilines is 1. The molecule has 1 unspecified atom stereocenters. The maximum absolute atomic E-state index is 12.1. The molecule has 8 nitrogen and oxygen atoms in total. The van der Waals surface area contributed by atoms with Crippen LogP contribution in [0.2, 0.25) is 0 Å². The van der Waals surface area contributed by atoms with Crippen LogP contribution in [-0.4, -0.2) is 28.7 Å². The maximum Gasteiger partial charge on any atom is 0.344 e. The Bertz CT molecular complexity index is 999. The molecule has 2 aromatic heterocycles. The van der Waals surface area contributed by atoms with Crippen molar-refractivity contribution in [2.24, 2.45) is 0 Å². The average Bonchev–Trinajstić information content (AvgIpc) is 3.37. The molecule has 1 atom stereocenters. The predicted octanol–water partition coefficient (Wildman–Crippen LogP) is 3.37. The summed E-state index contributed by atoms with van der Waals surface area (Å²) >= 11 is 1.48. The number of thiophene rings is 1. The van der Waals surface area contributed by atoms with Crippen molar-refractivity contribution >= 4 is 28.9 Å². The first-order valence-electron chi connectivity index (χ1n) is 8.71. The van der Waals surface area contributed by atoms with E-state index in [0.29, 0.717) is 24.5 Å². The van der Waals surface area contributed by atoms with Gasteiger partial charge in [-0.2, -0.15) is 0 Å². The summed E-state index contributed by atoms with van der Waals surface area (Å²) in [5.74, 6) is 0.611. The molecule has 0 fully saturated rings. The van der Waals surface area contributed by atoms with Gasteiger partial charge < -0.3 is 19.2 Å². The van der Waals surface area contributed by atoms with E-state index in [9.17, 15) is 9.59 Å². The second-order valence-electron chi connectivity index (χ2n) is 6.21. The Morgan fingerprint density at radius 1 is 1.32 bits per heavy atom. The van der Waals surface area contributed by atoms with Crippen LogP contribution < -0.4 is 10.1 Å².